The van der Waals surface area contributed by atoms with Crippen LogP contribution in [0.5, 0.6) is 5.75 Å². The van der Waals surface area contributed by atoms with E-state index in [9.17, 15) is 14.5 Å². The van der Waals surface area contributed by atoms with Crippen LogP contribution in [0.2, 0.25) is 0 Å². The van der Waals surface area contributed by atoms with Crippen molar-refractivity contribution in [1.29, 1.82) is 0 Å². The maximum absolute atomic E-state index is 16.0. The number of aliphatic hydroxyl groups excluding tert-OH is 1. The van der Waals surface area contributed by atoms with Crippen LogP contribution >= 0.6 is 7.75 Å². The van der Waals surface area contributed by atoms with Gasteiger partial charge < -0.3 is 30.2 Å². The van der Waals surface area contributed by atoms with Crippen LogP contribution in [0.1, 0.15) is 32.9 Å². The molecule has 1 aliphatic heterocycles. The Bertz CT molecular complexity index is 1420. The van der Waals surface area contributed by atoms with Gasteiger partial charge in [-0.3, -0.25) is 13.9 Å². The SMILES string of the molecule is COC(=O)[C@H](C)NP(=O)(OC[C@H]1O[C@@H](n2cnc3c(NC4CC4)nc(N)nc32)[C@](C)(F)[C@@H]1O)Oc1ccccc1. The van der Waals surface area contributed by atoms with Crippen molar-refractivity contribution >= 4 is 36.6 Å². The van der Waals surface area contributed by atoms with E-state index in [1.807, 2.05) is 0 Å². The lowest BCUT2D eigenvalue weighted by Crippen LogP contribution is -2.41. The molecule has 1 saturated heterocycles. The van der Waals surface area contributed by atoms with Crippen LogP contribution in [-0.2, 0) is 23.4 Å². The molecule has 2 fully saturated rings. The summed E-state index contributed by atoms with van der Waals surface area (Å²) < 4.78 is 52.7. The van der Waals surface area contributed by atoms with E-state index in [2.05, 4.69) is 30.1 Å². The van der Waals surface area contributed by atoms with Crippen molar-refractivity contribution in [3.8, 4) is 5.75 Å². The van der Waals surface area contributed by atoms with Gasteiger partial charge in [-0.25, -0.2) is 13.9 Å². The van der Waals surface area contributed by atoms with E-state index in [0.29, 0.717) is 11.3 Å². The maximum atomic E-state index is 16.0. The van der Waals surface area contributed by atoms with Crippen LogP contribution in [0.3, 0.4) is 0 Å². The van der Waals surface area contributed by atoms with Gasteiger partial charge >= 0.3 is 13.7 Å². The van der Waals surface area contributed by atoms with Gasteiger partial charge in [0.15, 0.2) is 28.9 Å². The standard InChI is InChI=1S/C24H31FN7O7P/c1-13(21(34)36-3)31-40(35,39-15-7-5-4-6-8-15)37-11-16-18(33)24(2,25)22(38-16)32-12-27-17-19(28-14-9-10-14)29-23(26)30-20(17)32/h4-8,12-14,16,18,22,33H,9-11H2,1-3H3,(H,31,35)(H3,26,28,29,30)/t13-,16+,18+,22+,24+,40?/m0/s1. The first kappa shape index (κ1) is 28.2. The van der Waals surface area contributed by atoms with Crippen LogP contribution in [-0.4, -0.2) is 74.3 Å². The molecule has 6 atom stereocenters. The Morgan fingerprint density at radius 1 is 1.35 bits per heavy atom. The second kappa shape index (κ2) is 10.9. The summed E-state index contributed by atoms with van der Waals surface area (Å²) in [4.78, 5) is 24.7. The second-order valence-electron chi connectivity index (χ2n) is 9.87. The highest BCUT2D eigenvalue weighted by molar-refractivity contribution is 7.52. The van der Waals surface area contributed by atoms with Crippen molar-refractivity contribution in [3.63, 3.8) is 0 Å². The molecule has 2 aromatic heterocycles. The number of nitrogens with zero attached hydrogens (tertiary/aromatic N) is 4. The number of rotatable bonds is 11. The molecule has 0 bridgehead atoms. The average Bonchev–Trinajstić information content (AvgIpc) is 3.59. The van der Waals surface area contributed by atoms with Gasteiger partial charge in [0.1, 0.15) is 24.0 Å². The van der Waals surface area contributed by atoms with Crippen LogP contribution in [0.25, 0.3) is 11.2 Å². The van der Waals surface area contributed by atoms with Crippen LogP contribution in [0, 0.1) is 0 Å². The minimum atomic E-state index is -4.25. The largest absolute Gasteiger partial charge is 0.468 e. The van der Waals surface area contributed by atoms with Crippen LogP contribution in [0.4, 0.5) is 16.2 Å². The normalized spacial score (nSPS) is 26.8. The van der Waals surface area contributed by atoms with Crippen molar-refractivity contribution < 1.29 is 37.4 Å². The molecule has 0 amide bonds. The van der Waals surface area contributed by atoms with Gasteiger partial charge in [0.05, 0.1) is 20.0 Å². The molecule has 40 heavy (non-hydrogen) atoms. The molecular formula is C24H31FN7O7P. The van der Waals surface area contributed by atoms with Gasteiger partial charge in [0.25, 0.3) is 0 Å². The van der Waals surface area contributed by atoms with Crippen molar-refractivity contribution in [2.45, 2.75) is 62.9 Å². The number of aliphatic hydroxyl groups is 1. The fourth-order valence-corrected chi connectivity index (χ4v) is 5.83. The number of esters is 1. The second-order valence-corrected chi connectivity index (χ2v) is 11.6. The molecule has 1 aromatic carbocycles. The lowest BCUT2D eigenvalue weighted by atomic mass is 9.98. The van der Waals surface area contributed by atoms with Crippen LogP contribution in [0.15, 0.2) is 36.7 Å². The molecule has 14 nitrogen and oxygen atoms in total. The van der Waals surface area contributed by atoms with Gasteiger partial charge in [-0.05, 0) is 38.8 Å². The number of hydrogen-bond acceptors (Lipinski definition) is 12. The number of carbonyl (C=O) groups is 1. The third-order valence-electron chi connectivity index (χ3n) is 6.61. The predicted molar refractivity (Wildman–Crippen MR) is 141 cm³/mol. The number of halogens is 1. The Hall–Kier alpha value is -3.36. The number of fused-ring (bicyclic) bond motifs is 1. The number of imidazole rings is 1. The summed E-state index contributed by atoms with van der Waals surface area (Å²) in [5.74, 6) is -0.138. The maximum Gasteiger partial charge on any atom is 0.459 e. The third-order valence-corrected chi connectivity index (χ3v) is 8.25. The van der Waals surface area contributed by atoms with Gasteiger partial charge in [0, 0.05) is 6.04 Å². The van der Waals surface area contributed by atoms with E-state index in [-0.39, 0.29) is 23.4 Å². The Labute approximate surface area is 229 Å². The number of anilines is 2. The first-order chi connectivity index (χ1) is 19.0. The Morgan fingerprint density at radius 2 is 2.08 bits per heavy atom. The van der Waals surface area contributed by atoms with Crippen molar-refractivity contribution in [2.75, 3.05) is 24.8 Å². The summed E-state index contributed by atoms with van der Waals surface area (Å²) in [7, 11) is -3.07. The van der Waals surface area contributed by atoms with Crippen molar-refractivity contribution in [1.82, 2.24) is 24.6 Å². The third kappa shape index (κ3) is 5.74. The van der Waals surface area contributed by atoms with E-state index in [0.717, 1.165) is 12.8 Å². The van der Waals surface area contributed by atoms with Gasteiger partial charge in [0.2, 0.25) is 5.95 Å². The first-order valence-electron chi connectivity index (χ1n) is 12.6. The van der Waals surface area contributed by atoms with Gasteiger partial charge in [-0.2, -0.15) is 15.1 Å². The molecule has 16 heteroatoms. The Morgan fingerprint density at radius 3 is 2.75 bits per heavy atom. The fourth-order valence-electron chi connectivity index (χ4n) is 4.33. The average molecular weight is 580 g/mol. The zero-order chi connectivity index (χ0) is 28.7. The molecule has 5 rings (SSSR count). The van der Waals surface area contributed by atoms with E-state index >= 15 is 4.39 Å². The van der Waals surface area contributed by atoms with Crippen LogP contribution < -0.4 is 20.7 Å². The molecule has 1 aliphatic carbocycles. The summed E-state index contributed by atoms with van der Waals surface area (Å²) in [6.07, 6.45) is -1.08. The topological polar surface area (TPSA) is 185 Å². The fraction of sp³-hybridized carbons (Fsp3) is 0.500. The van der Waals surface area contributed by atoms with E-state index in [1.54, 1.807) is 30.3 Å². The highest BCUT2D eigenvalue weighted by Crippen LogP contribution is 2.48. The molecule has 2 aliphatic rings. The minimum absolute atomic E-state index is 0.0406. The number of methoxy groups -OCH3 is 1. The summed E-state index contributed by atoms with van der Waals surface area (Å²) in [6.45, 7) is 2.02. The first-order valence-corrected chi connectivity index (χ1v) is 14.2. The molecular weight excluding hydrogens is 548 g/mol. The summed E-state index contributed by atoms with van der Waals surface area (Å²) in [5, 5.41) is 16.6. The molecule has 216 valence electrons. The zero-order valence-corrected chi connectivity index (χ0v) is 23.0. The smallest absolute Gasteiger partial charge is 0.459 e. The number of aromatic nitrogens is 4. The van der Waals surface area contributed by atoms with Gasteiger partial charge in [-0.1, -0.05) is 18.2 Å². The summed E-state index contributed by atoms with van der Waals surface area (Å²) in [6, 6.07) is 7.31. The number of hydrogen-bond donors (Lipinski definition) is 4. The minimum Gasteiger partial charge on any atom is -0.468 e. The van der Waals surface area contributed by atoms with E-state index in [1.165, 1.54) is 31.9 Å². The molecule has 0 radical (unpaired) electrons. The number of para-hydroxylation sites is 1. The summed E-state index contributed by atoms with van der Waals surface area (Å²) >= 11 is 0. The molecule has 3 aromatic rings. The number of carbonyl (C=O) groups excluding carboxylic acids is 1. The predicted octanol–water partition coefficient (Wildman–Crippen LogP) is 2.32. The van der Waals surface area contributed by atoms with Crippen molar-refractivity contribution in [2.24, 2.45) is 0 Å². The Balaban J connectivity index is 1.37. The number of nitrogen functional groups attached to an aromatic ring is 1. The molecule has 3 heterocycles. The monoisotopic (exact) mass is 579 g/mol. The highest BCUT2D eigenvalue weighted by Gasteiger charge is 2.56. The number of nitrogens with one attached hydrogen (secondary N) is 2. The number of benzene rings is 1. The quantitative estimate of drug-likeness (QED) is 0.192. The van der Waals surface area contributed by atoms with Crippen molar-refractivity contribution in [3.05, 3.63) is 36.7 Å². The summed E-state index contributed by atoms with van der Waals surface area (Å²) in [5.41, 5.74) is 4.15. The zero-order valence-electron chi connectivity index (χ0n) is 22.1. The number of alkyl halides is 1. The van der Waals surface area contributed by atoms with E-state index < -0.39 is 50.5 Å². The highest BCUT2D eigenvalue weighted by atomic mass is 31.2. The molecule has 1 unspecified atom stereocenters. The Kier molecular flexibility index (Phi) is 7.68. The molecule has 0 spiro atoms. The molecule has 5 N–H and O–H groups in total. The van der Waals surface area contributed by atoms with Gasteiger partial charge in [-0.15, -0.1) is 0 Å². The lowest BCUT2D eigenvalue weighted by molar-refractivity contribution is -0.142. The number of ether oxygens (including phenoxy) is 2. The molecule has 1 saturated carbocycles. The lowest BCUT2D eigenvalue weighted by Gasteiger charge is -2.25. The van der Waals surface area contributed by atoms with E-state index in [4.69, 9.17) is 19.5 Å². The number of nitrogens with two attached hydrogens (primary N) is 1.